The molecule has 1 saturated carbocycles. The third kappa shape index (κ3) is 9.18. The molecule has 0 aromatic rings. The zero-order valence-corrected chi connectivity index (χ0v) is 20.2. The Morgan fingerprint density at radius 1 is 1.31 bits per heavy atom. The highest BCUT2D eigenvalue weighted by molar-refractivity contribution is 9.09. The van der Waals surface area contributed by atoms with Crippen LogP contribution in [0.1, 0.15) is 66.2 Å². The van der Waals surface area contributed by atoms with Gasteiger partial charge in [-0.25, -0.2) is 0 Å². The summed E-state index contributed by atoms with van der Waals surface area (Å²) in [5.41, 5.74) is 1.00. The topological polar surface area (TPSA) is 66.8 Å². The van der Waals surface area contributed by atoms with Crippen LogP contribution in [0.4, 0.5) is 0 Å². The lowest BCUT2D eigenvalue weighted by molar-refractivity contribution is -0.140. The quantitative estimate of drug-likeness (QED) is 0.185. The molecule has 0 spiro atoms. The minimum atomic E-state index is -0.561. The molecule has 5 atom stereocenters. The van der Waals surface area contributed by atoms with Gasteiger partial charge < -0.3 is 14.9 Å². The molecule has 29 heavy (non-hydrogen) atoms. The molecule has 0 aromatic carbocycles. The molecule has 0 aromatic heterocycles. The number of unbranched alkanes of at least 4 members (excludes halogenated alkanes) is 1. The first kappa shape index (κ1) is 26.1. The fourth-order valence-electron chi connectivity index (χ4n) is 3.58. The lowest BCUT2D eigenvalue weighted by Gasteiger charge is -2.28. The van der Waals surface area contributed by atoms with E-state index in [2.05, 4.69) is 66.6 Å². The van der Waals surface area contributed by atoms with Gasteiger partial charge in [-0.05, 0) is 57.3 Å². The van der Waals surface area contributed by atoms with Crippen LogP contribution in [-0.4, -0.2) is 40.3 Å². The van der Waals surface area contributed by atoms with E-state index in [0.717, 1.165) is 25.7 Å². The summed E-state index contributed by atoms with van der Waals surface area (Å²) in [4.78, 5) is 11.4. The number of aliphatic hydroxyl groups is 2. The van der Waals surface area contributed by atoms with Gasteiger partial charge in [0.05, 0.1) is 19.3 Å². The summed E-state index contributed by atoms with van der Waals surface area (Å²) in [5.74, 6) is 0.133. The summed E-state index contributed by atoms with van der Waals surface area (Å²) < 4.78 is 4.65. The third-order valence-corrected chi connectivity index (χ3v) is 6.83. The molecule has 4 nitrogen and oxygen atoms in total. The van der Waals surface area contributed by atoms with Crippen LogP contribution in [0.5, 0.6) is 0 Å². The fourth-order valence-corrected chi connectivity index (χ4v) is 4.54. The summed E-state index contributed by atoms with van der Waals surface area (Å²) in [6.45, 7) is 8.26. The van der Waals surface area contributed by atoms with Crippen LogP contribution in [0.2, 0.25) is 0 Å². The number of hydrogen-bond acceptors (Lipinski definition) is 4. The first-order valence-electron chi connectivity index (χ1n) is 10.6. The van der Waals surface area contributed by atoms with Crippen LogP contribution in [0.3, 0.4) is 0 Å². The molecule has 0 amide bonds. The predicted molar refractivity (Wildman–Crippen MR) is 123 cm³/mol. The van der Waals surface area contributed by atoms with Crippen LogP contribution in [0.25, 0.3) is 0 Å². The van der Waals surface area contributed by atoms with Gasteiger partial charge in [0.1, 0.15) is 0 Å². The average molecular weight is 471 g/mol. The van der Waals surface area contributed by atoms with Gasteiger partial charge in [0, 0.05) is 17.2 Å². The number of ether oxygens (including phenoxy) is 1. The molecule has 1 aliphatic carbocycles. The molecule has 0 unspecified atom stereocenters. The van der Waals surface area contributed by atoms with E-state index in [0.29, 0.717) is 12.8 Å². The SMILES string of the molecule is COC(=O)CCC/C=C\C[C@@H]1[C@@H](/C=C/[C@@H](O)C(C)(C)CC=C(C)C)[C@H](O)C[C@@H]1Br. The normalized spacial score (nSPS) is 26.2. The molecule has 1 fully saturated rings. The van der Waals surface area contributed by atoms with Gasteiger partial charge in [-0.1, -0.05) is 65.7 Å². The Labute approximate surface area is 185 Å². The highest BCUT2D eigenvalue weighted by Gasteiger charge is 2.39. The van der Waals surface area contributed by atoms with Gasteiger partial charge >= 0.3 is 5.97 Å². The lowest BCUT2D eigenvalue weighted by atomic mass is 9.81. The van der Waals surface area contributed by atoms with Crippen molar-refractivity contribution in [2.45, 2.75) is 83.3 Å². The highest BCUT2D eigenvalue weighted by atomic mass is 79.9. The van der Waals surface area contributed by atoms with E-state index in [1.54, 1.807) is 0 Å². The second-order valence-corrected chi connectivity index (χ2v) is 10.2. The summed E-state index contributed by atoms with van der Waals surface area (Å²) in [6, 6.07) is 0. The van der Waals surface area contributed by atoms with Crippen molar-refractivity contribution in [2.24, 2.45) is 17.3 Å². The molecule has 2 N–H and O–H groups in total. The summed E-state index contributed by atoms with van der Waals surface area (Å²) in [5, 5.41) is 21.2. The maximum absolute atomic E-state index is 11.1. The molecular formula is C24H39BrO4. The van der Waals surface area contributed by atoms with Gasteiger partial charge in [-0.15, -0.1) is 0 Å². The summed E-state index contributed by atoms with van der Waals surface area (Å²) in [7, 11) is 1.41. The number of esters is 1. The standard InChI is InChI=1S/C24H39BrO4/c1-17(2)14-15-24(3,4)22(27)13-12-19-18(20(25)16-21(19)26)10-8-6-7-9-11-23(28)29-5/h6,8,12-14,18-22,26-27H,7,9-11,15-16H2,1-5H3/b8-6-,13-12+/t18-,19-,20+,21-,22-/m1/s1. The summed E-state index contributed by atoms with van der Waals surface area (Å²) >= 11 is 3.72. The largest absolute Gasteiger partial charge is 0.469 e. The molecule has 0 saturated heterocycles. The molecule has 0 bridgehead atoms. The number of rotatable bonds is 11. The van der Waals surface area contributed by atoms with Gasteiger partial charge in [-0.3, -0.25) is 4.79 Å². The average Bonchev–Trinajstić information content (AvgIpc) is 2.93. The van der Waals surface area contributed by atoms with Crippen molar-refractivity contribution in [3.63, 3.8) is 0 Å². The van der Waals surface area contributed by atoms with E-state index in [1.807, 2.05) is 12.2 Å². The zero-order chi connectivity index (χ0) is 22.0. The van der Waals surface area contributed by atoms with Crippen LogP contribution in [0.15, 0.2) is 36.0 Å². The second-order valence-electron chi connectivity index (χ2n) is 9.04. The van der Waals surface area contributed by atoms with Crippen LogP contribution in [0, 0.1) is 17.3 Å². The van der Waals surface area contributed by atoms with E-state index in [-0.39, 0.29) is 28.0 Å². The molecule has 0 aliphatic heterocycles. The number of halogens is 1. The maximum atomic E-state index is 11.1. The number of carbonyl (C=O) groups is 1. The number of methoxy groups -OCH3 is 1. The number of aliphatic hydroxyl groups excluding tert-OH is 2. The van der Waals surface area contributed by atoms with Crippen molar-refractivity contribution >= 4 is 21.9 Å². The van der Waals surface area contributed by atoms with Crippen molar-refractivity contribution in [1.82, 2.24) is 0 Å². The van der Waals surface area contributed by atoms with E-state index in [4.69, 9.17) is 0 Å². The predicted octanol–water partition coefficient (Wildman–Crippen LogP) is 5.34. The second kappa shape index (κ2) is 12.7. The number of carbonyl (C=O) groups excluding carboxylic acids is 1. The van der Waals surface area contributed by atoms with Crippen molar-refractivity contribution in [3.05, 3.63) is 36.0 Å². The third-order valence-electron chi connectivity index (χ3n) is 5.78. The molecule has 1 aliphatic rings. The van der Waals surface area contributed by atoms with Gasteiger partial charge in [-0.2, -0.15) is 0 Å². The molecule has 1 rings (SSSR count). The Kier molecular flexibility index (Phi) is 11.4. The van der Waals surface area contributed by atoms with Crippen molar-refractivity contribution in [2.75, 3.05) is 7.11 Å². The minimum Gasteiger partial charge on any atom is -0.469 e. The monoisotopic (exact) mass is 470 g/mol. The van der Waals surface area contributed by atoms with E-state index >= 15 is 0 Å². The van der Waals surface area contributed by atoms with Gasteiger partial charge in [0.15, 0.2) is 0 Å². The Bertz CT molecular complexity index is 590. The van der Waals surface area contributed by atoms with Crippen molar-refractivity contribution in [3.8, 4) is 0 Å². The molecule has 5 heteroatoms. The highest BCUT2D eigenvalue weighted by Crippen LogP contribution is 2.41. The molecular weight excluding hydrogens is 432 g/mol. The lowest BCUT2D eigenvalue weighted by Crippen LogP contribution is -2.28. The van der Waals surface area contributed by atoms with Gasteiger partial charge in [0.2, 0.25) is 0 Å². The Morgan fingerprint density at radius 3 is 2.62 bits per heavy atom. The Balaban J connectivity index is 2.64. The smallest absolute Gasteiger partial charge is 0.305 e. The number of allylic oxidation sites excluding steroid dienone is 4. The van der Waals surface area contributed by atoms with Crippen molar-refractivity contribution in [1.29, 1.82) is 0 Å². The Hall–Kier alpha value is -0.910. The first-order valence-corrected chi connectivity index (χ1v) is 11.5. The van der Waals surface area contributed by atoms with Crippen LogP contribution >= 0.6 is 15.9 Å². The van der Waals surface area contributed by atoms with E-state index in [1.165, 1.54) is 12.7 Å². The van der Waals surface area contributed by atoms with Gasteiger partial charge in [0.25, 0.3) is 0 Å². The Morgan fingerprint density at radius 2 is 2.00 bits per heavy atom. The number of alkyl halides is 1. The fraction of sp³-hybridized carbons (Fsp3) is 0.708. The number of hydrogen-bond donors (Lipinski definition) is 2. The molecule has 166 valence electrons. The maximum Gasteiger partial charge on any atom is 0.305 e. The van der Waals surface area contributed by atoms with Crippen molar-refractivity contribution < 1.29 is 19.7 Å². The van der Waals surface area contributed by atoms with E-state index in [9.17, 15) is 15.0 Å². The molecule has 0 radical (unpaired) electrons. The van der Waals surface area contributed by atoms with Crippen LogP contribution < -0.4 is 0 Å². The molecule has 0 heterocycles. The summed E-state index contributed by atoms with van der Waals surface area (Å²) in [6.07, 6.45) is 13.8. The zero-order valence-electron chi connectivity index (χ0n) is 18.6. The van der Waals surface area contributed by atoms with Crippen LogP contribution in [-0.2, 0) is 9.53 Å². The van der Waals surface area contributed by atoms with E-state index < -0.39 is 12.2 Å². The first-order chi connectivity index (χ1) is 13.6. The minimum absolute atomic E-state index is 0.0213.